The van der Waals surface area contributed by atoms with Gasteiger partial charge in [0.05, 0.1) is 0 Å². The van der Waals surface area contributed by atoms with E-state index < -0.39 is 5.97 Å². The summed E-state index contributed by atoms with van der Waals surface area (Å²) in [5.41, 5.74) is 1.90. The Kier molecular flexibility index (Phi) is 3.51. The molecule has 0 heterocycles. The molecule has 1 aromatic carbocycles. The van der Waals surface area contributed by atoms with Crippen LogP contribution in [0.5, 0.6) is 5.75 Å². The number of aryl methyl sites for hydroxylation is 2. The quantitative estimate of drug-likeness (QED) is 0.771. The van der Waals surface area contributed by atoms with Crippen molar-refractivity contribution in [2.75, 3.05) is 0 Å². The molecule has 0 radical (unpaired) electrons. The summed E-state index contributed by atoms with van der Waals surface area (Å²) < 4.78 is 0. The van der Waals surface area contributed by atoms with E-state index in [0.717, 1.165) is 17.5 Å². The average Bonchev–Trinajstić information content (AvgIpc) is 2.10. The van der Waals surface area contributed by atoms with E-state index in [1.807, 2.05) is 19.1 Å². The first-order valence-electron chi connectivity index (χ1n) is 4.60. The zero-order valence-corrected chi connectivity index (χ0v) is 8.16. The van der Waals surface area contributed by atoms with Gasteiger partial charge in [0, 0.05) is 6.42 Å². The molecule has 0 bridgehead atoms. The van der Waals surface area contributed by atoms with Gasteiger partial charge in [-0.05, 0) is 37.0 Å². The summed E-state index contributed by atoms with van der Waals surface area (Å²) in [6.45, 7) is 1.83. The van der Waals surface area contributed by atoms with E-state index in [0.29, 0.717) is 6.42 Å². The van der Waals surface area contributed by atoms with Crippen LogP contribution < -0.4 is 0 Å². The molecule has 0 aliphatic carbocycles. The first kappa shape index (κ1) is 10.6. The highest BCUT2D eigenvalue weighted by atomic mass is 16.4. The van der Waals surface area contributed by atoms with Crippen LogP contribution in [0.1, 0.15) is 24.0 Å². The number of phenolic OH excluding ortho intramolecular Hbond substituents is 1. The predicted octanol–water partition coefficient (Wildman–Crippen LogP) is 2.11. The van der Waals surface area contributed by atoms with Crippen LogP contribution in [-0.4, -0.2) is 16.2 Å². The second-order valence-corrected chi connectivity index (χ2v) is 3.37. The van der Waals surface area contributed by atoms with Crippen molar-refractivity contribution in [3.63, 3.8) is 0 Å². The molecule has 1 aromatic rings. The van der Waals surface area contributed by atoms with E-state index in [4.69, 9.17) is 5.11 Å². The van der Waals surface area contributed by atoms with Crippen LogP contribution in [0.2, 0.25) is 0 Å². The zero-order chi connectivity index (χ0) is 10.6. The number of aliphatic carboxylic acids is 1. The molecule has 0 atom stereocenters. The number of hydrogen-bond acceptors (Lipinski definition) is 2. The van der Waals surface area contributed by atoms with Crippen LogP contribution >= 0.6 is 0 Å². The molecule has 1 rings (SSSR count). The third kappa shape index (κ3) is 3.09. The highest BCUT2D eigenvalue weighted by Crippen LogP contribution is 2.18. The highest BCUT2D eigenvalue weighted by Gasteiger charge is 2.00. The summed E-state index contributed by atoms with van der Waals surface area (Å²) in [7, 11) is 0. The van der Waals surface area contributed by atoms with Gasteiger partial charge >= 0.3 is 5.97 Å². The van der Waals surface area contributed by atoms with Crippen molar-refractivity contribution in [2.45, 2.75) is 26.2 Å². The van der Waals surface area contributed by atoms with Crippen molar-refractivity contribution in [3.05, 3.63) is 29.3 Å². The van der Waals surface area contributed by atoms with Gasteiger partial charge in [0.2, 0.25) is 0 Å². The third-order valence-electron chi connectivity index (χ3n) is 2.12. The van der Waals surface area contributed by atoms with E-state index in [1.165, 1.54) is 0 Å². The topological polar surface area (TPSA) is 57.5 Å². The molecule has 14 heavy (non-hydrogen) atoms. The maximum Gasteiger partial charge on any atom is 0.303 e. The van der Waals surface area contributed by atoms with E-state index in [2.05, 4.69) is 0 Å². The molecule has 0 unspecified atom stereocenters. The van der Waals surface area contributed by atoms with Gasteiger partial charge in [-0.3, -0.25) is 4.79 Å². The van der Waals surface area contributed by atoms with Crippen LogP contribution in [0.25, 0.3) is 0 Å². The van der Waals surface area contributed by atoms with Gasteiger partial charge in [-0.15, -0.1) is 0 Å². The average molecular weight is 194 g/mol. The van der Waals surface area contributed by atoms with Crippen molar-refractivity contribution in [1.29, 1.82) is 0 Å². The molecule has 0 saturated heterocycles. The molecule has 0 saturated carbocycles. The van der Waals surface area contributed by atoms with Crippen LogP contribution in [0.3, 0.4) is 0 Å². The SMILES string of the molecule is Cc1cc(CCCC(=O)O)ccc1O. The second kappa shape index (κ2) is 4.65. The first-order chi connectivity index (χ1) is 6.59. The first-order valence-corrected chi connectivity index (χ1v) is 4.60. The lowest BCUT2D eigenvalue weighted by Gasteiger charge is -2.03. The summed E-state index contributed by atoms with van der Waals surface area (Å²) in [5.74, 6) is -0.479. The van der Waals surface area contributed by atoms with Gasteiger partial charge < -0.3 is 10.2 Å². The fourth-order valence-electron chi connectivity index (χ4n) is 1.32. The molecule has 2 N–H and O–H groups in total. The molecule has 0 spiro atoms. The minimum Gasteiger partial charge on any atom is -0.508 e. The number of benzene rings is 1. The molecular formula is C11H14O3. The number of carboxylic acid groups (broad SMARTS) is 1. The van der Waals surface area contributed by atoms with Gasteiger partial charge in [0.1, 0.15) is 5.75 Å². The van der Waals surface area contributed by atoms with Crippen molar-refractivity contribution in [3.8, 4) is 5.75 Å². The van der Waals surface area contributed by atoms with Crippen molar-refractivity contribution in [2.24, 2.45) is 0 Å². The summed E-state index contributed by atoms with van der Waals surface area (Å²) in [6.07, 6.45) is 1.58. The number of aromatic hydroxyl groups is 1. The van der Waals surface area contributed by atoms with Gasteiger partial charge in [-0.1, -0.05) is 12.1 Å². The smallest absolute Gasteiger partial charge is 0.303 e. The van der Waals surface area contributed by atoms with Crippen LogP contribution in [0.15, 0.2) is 18.2 Å². The number of phenols is 1. The van der Waals surface area contributed by atoms with Crippen LogP contribution in [0, 0.1) is 6.92 Å². The Labute approximate surface area is 83.0 Å². The van der Waals surface area contributed by atoms with E-state index in [-0.39, 0.29) is 12.2 Å². The van der Waals surface area contributed by atoms with E-state index in [9.17, 15) is 9.90 Å². The Morgan fingerprint density at radius 1 is 1.43 bits per heavy atom. The molecule has 3 nitrogen and oxygen atoms in total. The lowest BCUT2D eigenvalue weighted by atomic mass is 10.1. The monoisotopic (exact) mass is 194 g/mol. The molecule has 0 fully saturated rings. The maximum atomic E-state index is 10.3. The number of rotatable bonds is 4. The zero-order valence-electron chi connectivity index (χ0n) is 8.16. The van der Waals surface area contributed by atoms with Crippen molar-refractivity contribution in [1.82, 2.24) is 0 Å². The second-order valence-electron chi connectivity index (χ2n) is 3.37. The van der Waals surface area contributed by atoms with Crippen molar-refractivity contribution < 1.29 is 15.0 Å². The summed E-state index contributed by atoms with van der Waals surface area (Å²) >= 11 is 0. The fraction of sp³-hybridized carbons (Fsp3) is 0.364. The van der Waals surface area contributed by atoms with Crippen molar-refractivity contribution >= 4 is 5.97 Å². The fourth-order valence-corrected chi connectivity index (χ4v) is 1.32. The van der Waals surface area contributed by atoms with Gasteiger partial charge in [-0.25, -0.2) is 0 Å². The molecule has 0 aliphatic rings. The van der Waals surface area contributed by atoms with Crippen LogP contribution in [0.4, 0.5) is 0 Å². The normalized spacial score (nSPS) is 10.1. The van der Waals surface area contributed by atoms with E-state index in [1.54, 1.807) is 6.07 Å². The molecule has 3 heteroatoms. The lowest BCUT2D eigenvalue weighted by Crippen LogP contribution is -1.96. The highest BCUT2D eigenvalue weighted by molar-refractivity contribution is 5.66. The molecule has 0 aliphatic heterocycles. The Balaban J connectivity index is 2.51. The number of carbonyl (C=O) groups is 1. The molecule has 0 amide bonds. The molecule has 0 aromatic heterocycles. The molecular weight excluding hydrogens is 180 g/mol. The number of carboxylic acids is 1. The number of hydrogen-bond donors (Lipinski definition) is 2. The standard InChI is InChI=1S/C11H14O3/c1-8-7-9(5-6-10(8)12)3-2-4-11(13)14/h5-7,12H,2-4H2,1H3,(H,13,14). The Hall–Kier alpha value is -1.51. The van der Waals surface area contributed by atoms with Gasteiger partial charge in [0.25, 0.3) is 0 Å². The minimum atomic E-state index is -0.763. The minimum absolute atomic E-state index is 0.194. The lowest BCUT2D eigenvalue weighted by molar-refractivity contribution is -0.137. The predicted molar refractivity (Wildman–Crippen MR) is 53.4 cm³/mol. The Bertz CT molecular complexity index is 331. The molecule has 76 valence electrons. The largest absolute Gasteiger partial charge is 0.508 e. The third-order valence-corrected chi connectivity index (χ3v) is 2.12. The van der Waals surface area contributed by atoms with Crippen LogP contribution in [-0.2, 0) is 11.2 Å². The van der Waals surface area contributed by atoms with Gasteiger partial charge in [0.15, 0.2) is 0 Å². The van der Waals surface area contributed by atoms with E-state index >= 15 is 0 Å². The summed E-state index contributed by atoms with van der Waals surface area (Å²) in [4.78, 5) is 10.3. The Morgan fingerprint density at radius 3 is 2.71 bits per heavy atom. The Morgan fingerprint density at radius 2 is 2.14 bits per heavy atom. The summed E-state index contributed by atoms with van der Waals surface area (Å²) in [6, 6.07) is 5.35. The van der Waals surface area contributed by atoms with Gasteiger partial charge in [-0.2, -0.15) is 0 Å². The maximum absolute atomic E-state index is 10.3. The summed E-state index contributed by atoms with van der Waals surface area (Å²) in [5, 5.41) is 17.7.